The lowest BCUT2D eigenvalue weighted by Crippen LogP contribution is -2.30. The normalized spacial score (nSPS) is 11.8. The number of rotatable bonds is 7. The highest BCUT2D eigenvalue weighted by atomic mass is 35.5. The molecule has 1 amide bonds. The second kappa shape index (κ2) is 8.79. The molecule has 0 saturated carbocycles. The predicted octanol–water partition coefficient (Wildman–Crippen LogP) is 3.95. The highest BCUT2D eigenvalue weighted by molar-refractivity contribution is 7.13. The maximum absolute atomic E-state index is 12.1. The number of aryl methyl sites for hydroxylation is 1. The van der Waals surface area contributed by atoms with Crippen molar-refractivity contribution in [1.29, 1.82) is 0 Å². The first kappa shape index (κ1) is 19.1. The van der Waals surface area contributed by atoms with Crippen LogP contribution in [-0.2, 0) is 20.7 Å². The Morgan fingerprint density at radius 2 is 2.11 bits per heavy atom. The van der Waals surface area contributed by atoms with Gasteiger partial charge in [-0.3, -0.25) is 9.59 Å². The third kappa shape index (κ3) is 5.15. The first-order chi connectivity index (χ1) is 13.0. The zero-order valence-electron chi connectivity index (χ0n) is 14.3. The van der Waals surface area contributed by atoms with Gasteiger partial charge in [-0.25, -0.2) is 0 Å². The summed E-state index contributed by atoms with van der Waals surface area (Å²) in [6.07, 6.45) is -0.704. The lowest BCUT2D eigenvalue weighted by atomic mass is 10.3. The van der Waals surface area contributed by atoms with Gasteiger partial charge in [0.25, 0.3) is 5.91 Å². The fourth-order valence-corrected chi connectivity index (χ4v) is 3.01. The lowest BCUT2D eigenvalue weighted by Gasteiger charge is -2.13. The Bertz CT molecular complexity index is 926. The number of ether oxygens (including phenoxy) is 1. The molecule has 0 unspecified atom stereocenters. The van der Waals surface area contributed by atoms with E-state index in [4.69, 9.17) is 20.9 Å². The van der Waals surface area contributed by atoms with E-state index in [-0.39, 0.29) is 12.8 Å². The van der Waals surface area contributed by atoms with Crippen molar-refractivity contribution in [3.8, 4) is 10.7 Å². The molecule has 0 aliphatic carbocycles. The van der Waals surface area contributed by atoms with E-state index in [2.05, 4.69) is 15.5 Å². The van der Waals surface area contributed by atoms with E-state index >= 15 is 0 Å². The number of halogens is 1. The molecule has 0 aliphatic rings. The van der Waals surface area contributed by atoms with Crippen LogP contribution in [-0.4, -0.2) is 28.1 Å². The van der Waals surface area contributed by atoms with Crippen molar-refractivity contribution in [3.63, 3.8) is 0 Å². The number of carbonyl (C=O) groups excluding carboxylic acids is 2. The highest BCUT2D eigenvalue weighted by Gasteiger charge is 2.19. The molecule has 3 aromatic rings. The van der Waals surface area contributed by atoms with Crippen molar-refractivity contribution in [2.45, 2.75) is 25.9 Å². The number of nitrogens with zero attached hydrogens (tertiary/aromatic N) is 2. The lowest BCUT2D eigenvalue weighted by molar-refractivity contribution is -0.153. The molecule has 0 aliphatic heterocycles. The number of para-hydroxylation sites is 1. The van der Waals surface area contributed by atoms with Gasteiger partial charge in [0.15, 0.2) is 6.10 Å². The third-order valence-electron chi connectivity index (χ3n) is 3.56. The highest BCUT2D eigenvalue weighted by Crippen LogP contribution is 2.22. The fourth-order valence-electron chi connectivity index (χ4n) is 2.18. The number of carbonyl (C=O) groups is 2. The molecule has 0 spiro atoms. The number of hydrogen-bond donors (Lipinski definition) is 1. The minimum absolute atomic E-state index is 0.0236. The van der Waals surface area contributed by atoms with E-state index in [1.165, 1.54) is 18.3 Å². The molecule has 2 aromatic heterocycles. The summed E-state index contributed by atoms with van der Waals surface area (Å²) in [6.45, 7) is 1.49. The third-order valence-corrected chi connectivity index (χ3v) is 4.76. The summed E-state index contributed by atoms with van der Waals surface area (Å²) in [5.74, 6) is -0.175. The van der Waals surface area contributed by atoms with Gasteiger partial charge in [-0.1, -0.05) is 35.0 Å². The molecule has 1 atom stereocenters. The molecule has 0 fully saturated rings. The van der Waals surface area contributed by atoms with Crippen LogP contribution in [0.4, 0.5) is 5.69 Å². The standard InChI is InChI=1S/C18H16ClN3O4S/c1-11(18(24)20-13-6-3-2-5-12(13)19)25-16(23)9-8-15-21-17(22-26-15)14-7-4-10-27-14/h2-7,10-11H,8-9H2,1H3,(H,20,24)/t11-/m0/s1. The number of amides is 1. The topological polar surface area (TPSA) is 94.3 Å². The van der Waals surface area contributed by atoms with Gasteiger partial charge in [0, 0.05) is 6.42 Å². The van der Waals surface area contributed by atoms with Crippen molar-refractivity contribution in [3.05, 3.63) is 52.7 Å². The summed E-state index contributed by atoms with van der Waals surface area (Å²) in [7, 11) is 0. The number of nitrogens with one attached hydrogen (secondary N) is 1. The molecular weight excluding hydrogens is 390 g/mol. The van der Waals surface area contributed by atoms with E-state index in [0.717, 1.165) is 4.88 Å². The van der Waals surface area contributed by atoms with Crippen molar-refractivity contribution in [1.82, 2.24) is 10.1 Å². The van der Waals surface area contributed by atoms with E-state index in [9.17, 15) is 9.59 Å². The van der Waals surface area contributed by atoms with Gasteiger partial charge < -0.3 is 14.6 Å². The molecule has 7 nitrogen and oxygen atoms in total. The Morgan fingerprint density at radius 3 is 2.85 bits per heavy atom. The average molecular weight is 406 g/mol. The van der Waals surface area contributed by atoms with Crippen LogP contribution in [0.3, 0.4) is 0 Å². The number of esters is 1. The summed E-state index contributed by atoms with van der Waals surface area (Å²) in [4.78, 5) is 29.2. The van der Waals surface area contributed by atoms with Crippen LogP contribution < -0.4 is 5.32 Å². The second-order valence-corrected chi connectivity index (χ2v) is 6.95. The van der Waals surface area contributed by atoms with Gasteiger partial charge in [-0.2, -0.15) is 4.98 Å². The summed E-state index contributed by atoms with van der Waals surface area (Å²) in [5.41, 5.74) is 0.457. The second-order valence-electron chi connectivity index (χ2n) is 5.59. The molecule has 1 N–H and O–H groups in total. The van der Waals surface area contributed by atoms with Gasteiger partial charge in [-0.15, -0.1) is 11.3 Å². The molecule has 1 aromatic carbocycles. The molecule has 0 bridgehead atoms. The number of thiophene rings is 1. The van der Waals surface area contributed by atoms with Crippen LogP contribution in [0.15, 0.2) is 46.3 Å². The SMILES string of the molecule is C[C@H](OC(=O)CCc1nc(-c2cccs2)no1)C(=O)Nc1ccccc1Cl. The fraction of sp³-hybridized carbons (Fsp3) is 0.222. The zero-order chi connectivity index (χ0) is 19.2. The summed E-state index contributed by atoms with van der Waals surface area (Å²) < 4.78 is 10.3. The van der Waals surface area contributed by atoms with Gasteiger partial charge >= 0.3 is 5.97 Å². The Balaban J connectivity index is 1.47. The number of hydrogen-bond acceptors (Lipinski definition) is 7. The average Bonchev–Trinajstić information content (AvgIpc) is 3.33. The van der Waals surface area contributed by atoms with Gasteiger partial charge in [-0.05, 0) is 30.5 Å². The smallest absolute Gasteiger partial charge is 0.307 e. The van der Waals surface area contributed by atoms with E-state index in [1.54, 1.807) is 24.3 Å². The van der Waals surface area contributed by atoms with Crippen LogP contribution in [0.25, 0.3) is 10.7 Å². The Morgan fingerprint density at radius 1 is 1.30 bits per heavy atom. The monoisotopic (exact) mass is 405 g/mol. The zero-order valence-corrected chi connectivity index (χ0v) is 15.9. The van der Waals surface area contributed by atoms with Crippen molar-refractivity contribution in [2.75, 3.05) is 5.32 Å². The maximum Gasteiger partial charge on any atom is 0.307 e. The van der Waals surface area contributed by atoms with Crippen molar-refractivity contribution in [2.24, 2.45) is 0 Å². The molecule has 140 valence electrons. The Labute approximate surface area is 164 Å². The number of aromatic nitrogens is 2. The van der Waals surface area contributed by atoms with E-state index in [1.807, 2.05) is 17.5 Å². The van der Waals surface area contributed by atoms with Gasteiger partial charge in [0.1, 0.15) is 0 Å². The quantitative estimate of drug-likeness (QED) is 0.598. The molecule has 2 heterocycles. The first-order valence-electron chi connectivity index (χ1n) is 8.14. The largest absolute Gasteiger partial charge is 0.453 e. The molecule has 3 rings (SSSR count). The molecule has 0 saturated heterocycles. The van der Waals surface area contributed by atoms with Crippen LogP contribution in [0.2, 0.25) is 5.02 Å². The van der Waals surface area contributed by atoms with E-state index < -0.39 is 18.0 Å². The van der Waals surface area contributed by atoms with E-state index in [0.29, 0.717) is 22.4 Å². The Hall–Kier alpha value is -2.71. The van der Waals surface area contributed by atoms with Gasteiger partial charge in [0.2, 0.25) is 11.7 Å². The number of benzene rings is 1. The summed E-state index contributed by atoms with van der Waals surface area (Å²) in [5, 5.41) is 8.82. The van der Waals surface area contributed by atoms with Crippen LogP contribution in [0.1, 0.15) is 19.2 Å². The molecule has 27 heavy (non-hydrogen) atoms. The molecular formula is C18H16ClN3O4S. The summed E-state index contributed by atoms with van der Waals surface area (Å²) in [6, 6.07) is 10.6. The minimum Gasteiger partial charge on any atom is -0.453 e. The van der Waals surface area contributed by atoms with Crippen LogP contribution in [0, 0.1) is 0 Å². The molecule has 9 heteroatoms. The van der Waals surface area contributed by atoms with Crippen molar-refractivity contribution < 1.29 is 18.8 Å². The summed E-state index contributed by atoms with van der Waals surface area (Å²) >= 11 is 7.49. The molecule has 0 radical (unpaired) electrons. The predicted molar refractivity (Wildman–Crippen MR) is 102 cm³/mol. The van der Waals surface area contributed by atoms with Crippen molar-refractivity contribution >= 4 is 40.5 Å². The van der Waals surface area contributed by atoms with Gasteiger partial charge in [0.05, 0.1) is 22.0 Å². The maximum atomic E-state index is 12.1. The minimum atomic E-state index is -0.960. The van der Waals surface area contributed by atoms with Crippen LogP contribution >= 0.6 is 22.9 Å². The first-order valence-corrected chi connectivity index (χ1v) is 9.40. The number of anilines is 1. The van der Waals surface area contributed by atoms with Crippen LogP contribution in [0.5, 0.6) is 0 Å². The Kier molecular flexibility index (Phi) is 6.20.